The molecule has 0 bridgehead atoms. The van der Waals surface area contributed by atoms with Gasteiger partial charge in [0.15, 0.2) is 0 Å². The van der Waals surface area contributed by atoms with Crippen LogP contribution in [-0.2, 0) is 32.7 Å². The van der Waals surface area contributed by atoms with Crippen LogP contribution in [0.5, 0.6) is 5.75 Å². The lowest BCUT2D eigenvalue weighted by molar-refractivity contribution is -0.137. The van der Waals surface area contributed by atoms with Crippen molar-refractivity contribution in [3.05, 3.63) is 96.6 Å². The molecule has 1 atom stereocenters. The molecule has 0 unspecified atom stereocenters. The molecule has 12 heteroatoms. The topological polar surface area (TPSA) is 135 Å². The molecule has 1 fully saturated rings. The van der Waals surface area contributed by atoms with Crippen molar-refractivity contribution in [1.82, 2.24) is 29.8 Å². The number of carbonyl (C=O) groups excluding carboxylic acids is 2. The molecule has 45 heavy (non-hydrogen) atoms. The lowest BCUT2D eigenvalue weighted by atomic mass is 10.00. The van der Waals surface area contributed by atoms with Crippen molar-refractivity contribution in [3.8, 4) is 22.6 Å². The summed E-state index contributed by atoms with van der Waals surface area (Å²) in [7, 11) is -0.929. The first kappa shape index (κ1) is 31.9. The summed E-state index contributed by atoms with van der Waals surface area (Å²) >= 11 is 0. The van der Waals surface area contributed by atoms with E-state index in [0.717, 1.165) is 35.2 Å². The van der Waals surface area contributed by atoms with E-state index in [-0.39, 0.29) is 35.5 Å². The number of nitrogens with one attached hydrogen (secondary N) is 3. The summed E-state index contributed by atoms with van der Waals surface area (Å²) in [5, 5.41) is 5.99. The van der Waals surface area contributed by atoms with E-state index in [1.165, 1.54) is 7.11 Å². The molecule has 11 nitrogen and oxygen atoms in total. The summed E-state index contributed by atoms with van der Waals surface area (Å²) in [4.78, 5) is 31.1. The standard InChI is InChI=1S/C33H38N6O5S/c1-34-32(40)22-38-16-7-6-10-28(33(38)41)36-20-25-11-13-29(39-17-15-35-23-39)27(18-25)26-12-14-30(44-2)31(19-26)45(42,43)37-21-24-8-4-3-5-9-24/h3-5,8-9,11-15,17-19,23,28,36-37H,6-7,10,16,20-22H2,1-2H3,(H,34,40)/t28-/m0/s1. The number of methoxy groups -OCH3 is 1. The minimum Gasteiger partial charge on any atom is -0.495 e. The van der Waals surface area contributed by atoms with Crippen molar-refractivity contribution >= 4 is 21.8 Å². The van der Waals surface area contributed by atoms with Crippen molar-refractivity contribution in [3.63, 3.8) is 0 Å². The molecule has 1 aliphatic heterocycles. The van der Waals surface area contributed by atoms with Gasteiger partial charge in [-0.15, -0.1) is 0 Å². The number of ether oxygens (including phenoxy) is 1. The van der Waals surface area contributed by atoms with Crippen LogP contribution in [0.3, 0.4) is 0 Å². The number of rotatable bonds is 12. The van der Waals surface area contributed by atoms with Crippen LogP contribution in [0.15, 0.2) is 90.3 Å². The maximum Gasteiger partial charge on any atom is 0.244 e. The number of nitrogens with zero attached hydrogens (tertiary/aromatic N) is 3. The van der Waals surface area contributed by atoms with Crippen LogP contribution in [0.1, 0.15) is 30.4 Å². The molecule has 236 valence electrons. The van der Waals surface area contributed by atoms with E-state index in [1.807, 2.05) is 65.4 Å². The molecular formula is C33H38N6O5S. The normalized spacial score (nSPS) is 15.5. The smallest absolute Gasteiger partial charge is 0.244 e. The fraction of sp³-hybridized carbons (Fsp3) is 0.303. The van der Waals surface area contributed by atoms with Crippen molar-refractivity contribution in [2.45, 2.75) is 43.3 Å². The van der Waals surface area contributed by atoms with Crippen LogP contribution in [0.25, 0.3) is 16.8 Å². The molecule has 3 aromatic carbocycles. The van der Waals surface area contributed by atoms with Crippen molar-refractivity contribution in [2.24, 2.45) is 0 Å². The number of carbonyl (C=O) groups is 2. The Morgan fingerprint density at radius 1 is 1.02 bits per heavy atom. The second kappa shape index (κ2) is 14.5. The summed E-state index contributed by atoms with van der Waals surface area (Å²) in [5.41, 5.74) is 4.00. The number of hydrogen-bond acceptors (Lipinski definition) is 7. The van der Waals surface area contributed by atoms with Gasteiger partial charge < -0.3 is 24.8 Å². The summed E-state index contributed by atoms with van der Waals surface area (Å²) in [6, 6.07) is 19.9. The Morgan fingerprint density at radius 3 is 2.58 bits per heavy atom. The van der Waals surface area contributed by atoms with E-state index >= 15 is 0 Å². The molecule has 0 spiro atoms. The Balaban J connectivity index is 1.44. The van der Waals surface area contributed by atoms with Gasteiger partial charge in [0.05, 0.1) is 31.7 Å². The number of imidazole rings is 1. The molecule has 0 radical (unpaired) electrons. The van der Waals surface area contributed by atoms with Crippen LogP contribution in [0, 0.1) is 0 Å². The highest BCUT2D eigenvalue weighted by Crippen LogP contribution is 2.34. The monoisotopic (exact) mass is 630 g/mol. The summed E-state index contributed by atoms with van der Waals surface area (Å²) in [6.45, 7) is 1.14. The maximum absolute atomic E-state index is 13.5. The van der Waals surface area contributed by atoms with E-state index < -0.39 is 16.1 Å². The molecule has 4 aromatic rings. The first-order valence-electron chi connectivity index (χ1n) is 14.8. The Morgan fingerprint density at radius 2 is 1.84 bits per heavy atom. The van der Waals surface area contributed by atoms with Gasteiger partial charge in [-0.2, -0.15) is 0 Å². The predicted octanol–water partition coefficient (Wildman–Crippen LogP) is 3.24. The van der Waals surface area contributed by atoms with Crippen molar-refractivity contribution in [1.29, 1.82) is 0 Å². The van der Waals surface area contributed by atoms with E-state index in [4.69, 9.17) is 4.74 Å². The lowest BCUT2D eigenvalue weighted by Crippen LogP contribution is -2.48. The first-order valence-corrected chi connectivity index (χ1v) is 16.3. The van der Waals surface area contributed by atoms with Gasteiger partial charge in [-0.05, 0) is 60.2 Å². The Hall–Kier alpha value is -4.52. The zero-order valence-electron chi connectivity index (χ0n) is 25.4. The molecule has 3 N–H and O–H groups in total. The zero-order chi connectivity index (χ0) is 31.8. The fourth-order valence-electron chi connectivity index (χ4n) is 5.40. The quantitative estimate of drug-likeness (QED) is 0.219. The molecule has 2 heterocycles. The maximum atomic E-state index is 13.5. The van der Waals surface area contributed by atoms with E-state index in [0.29, 0.717) is 25.1 Å². The average molecular weight is 631 g/mol. The Bertz CT molecular complexity index is 1730. The van der Waals surface area contributed by atoms with Gasteiger partial charge in [0, 0.05) is 44.6 Å². The van der Waals surface area contributed by atoms with Crippen LogP contribution in [0.4, 0.5) is 0 Å². The molecular weight excluding hydrogens is 592 g/mol. The third kappa shape index (κ3) is 7.77. The molecule has 5 rings (SSSR count). The number of aromatic nitrogens is 2. The second-order valence-corrected chi connectivity index (χ2v) is 12.6. The molecule has 1 saturated heterocycles. The SMILES string of the molecule is CNC(=O)CN1CCCC[C@H](NCc2ccc(-n3ccnc3)c(-c3ccc(OC)c(S(=O)(=O)NCc4ccccc4)c3)c2)C1=O. The van der Waals surface area contributed by atoms with Gasteiger partial charge in [-0.3, -0.25) is 9.59 Å². The third-order valence-corrected chi connectivity index (χ3v) is 9.29. The van der Waals surface area contributed by atoms with Crippen molar-refractivity contribution < 1.29 is 22.7 Å². The first-order chi connectivity index (χ1) is 21.8. The number of likely N-dealkylation sites (N-methyl/N-ethyl adjacent to an activating group) is 1. The van der Waals surface area contributed by atoms with Gasteiger partial charge in [-0.1, -0.05) is 42.5 Å². The number of sulfonamides is 1. The summed E-state index contributed by atoms with van der Waals surface area (Å²) in [5.74, 6) is -0.0475. The lowest BCUT2D eigenvalue weighted by Gasteiger charge is -2.24. The molecule has 2 amide bonds. The van der Waals surface area contributed by atoms with E-state index in [1.54, 1.807) is 36.6 Å². The van der Waals surface area contributed by atoms with Crippen LogP contribution < -0.4 is 20.1 Å². The fourth-order valence-corrected chi connectivity index (χ4v) is 6.61. The third-order valence-electron chi connectivity index (χ3n) is 7.86. The van der Waals surface area contributed by atoms with Crippen LogP contribution in [0.2, 0.25) is 0 Å². The predicted molar refractivity (Wildman–Crippen MR) is 171 cm³/mol. The number of benzene rings is 3. The van der Waals surface area contributed by atoms with Gasteiger partial charge in [0.25, 0.3) is 0 Å². The minimum absolute atomic E-state index is 0.0267. The minimum atomic E-state index is -3.94. The Labute approximate surface area is 263 Å². The molecule has 0 aliphatic carbocycles. The highest BCUT2D eigenvalue weighted by atomic mass is 32.2. The highest BCUT2D eigenvalue weighted by Gasteiger charge is 2.28. The van der Waals surface area contributed by atoms with Gasteiger partial charge in [0.1, 0.15) is 10.6 Å². The molecule has 0 saturated carbocycles. The number of likely N-dealkylation sites (tertiary alicyclic amines) is 1. The van der Waals surface area contributed by atoms with Gasteiger partial charge >= 0.3 is 0 Å². The molecule has 1 aliphatic rings. The van der Waals surface area contributed by atoms with Crippen molar-refractivity contribution in [2.75, 3.05) is 27.2 Å². The van der Waals surface area contributed by atoms with Crippen LogP contribution in [-0.4, -0.2) is 68.0 Å². The van der Waals surface area contributed by atoms with Crippen LogP contribution >= 0.6 is 0 Å². The largest absolute Gasteiger partial charge is 0.495 e. The summed E-state index contributed by atoms with van der Waals surface area (Å²) < 4.78 is 37.1. The zero-order valence-corrected chi connectivity index (χ0v) is 26.2. The summed E-state index contributed by atoms with van der Waals surface area (Å²) in [6.07, 6.45) is 7.58. The second-order valence-electron chi connectivity index (χ2n) is 10.9. The van der Waals surface area contributed by atoms with E-state index in [2.05, 4.69) is 20.3 Å². The number of amides is 2. The highest BCUT2D eigenvalue weighted by molar-refractivity contribution is 7.89. The van der Waals surface area contributed by atoms with E-state index in [9.17, 15) is 18.0 Å². The number of hydrogen-bond donors (Lipinski definition) is 3. The molecule has 1 aromatic heterocycles. The van der Waals surface area contributed by atoms with Gasteiger partial charge in [-0.25, -0.2) is 18.1 Å². The Kier molecular flexibility index (Phi) is 10.3. The average Bonchev–Trinajstić information content (AvgIpc) is 3.55. The van der Waals surface area contributed by atoms with Gasteiger partial charge in [0.2, 0.25) is 21.8 Å².